The van der Waals surface area contributed by atoms with Crippen molar-refractivity contribution in [2.45, 2.75) is 12.8 Å². The molecule has 142 valence electrons. The number of anilines is 1. The van der Waals surface area contributed by atoms with Crippen molar-refractivity contribution in [2.75, 3.05) is 26.1 Å². The van der Waals surface area contributed by atoms with Crippen LogP contribution in [-0.4, -0.2) is 30.7 Å². The van der Waals surface area contributed by atoms with Gasteiger partial charge in [0.1, 0.15) is 11.6 Å². The van der Waals surface area contributed by atoms with Crippen molar-refractivity contribution in [3.63, 3.8) is 0 Å². The van der Waals surface area contributed by atoms with Gasteiger partial charge >= 0.3 is 6.01 Å². The molecule has 2 aromatic carbocycles. The molecule has 0 atom stereocenters. The van der Waals surface area contributed by atoms with Gasteiger partial charge in [0.25, 0.3) is 0 Å². The van der Waals surface area contributed by atoms with Crippen molar-refractivity contribution in [3.05, 3.63) is 66.2 Å². The maximum atomic E-state index is 5.29. The number of nitrogens with zero attached hydrogens (tertiary/aromatic N) is 2. The Morgan fingerprint density at radius 3 is 2.44 bits per heavy atom. The van der Waals surface area contributed by atoms with Gasteiger partial charge in [-0.05, 0) is 30.5 Å². The Kier molecular flexibility index (Phi) is 7.89. The predicted octanol–water partition coefficient (Wildman–Crippen LogP) is 4.63. The Morgan fingerprint density at radius 1 is 0.889 bits per heavy atom. The molecule has 1 N–H and O–H groups in total. The van der Waals surface area contributed by atoms with E-state index in [9.17, 15) is 0 Å². The average Bonchev–Trinajstić information content (AvgIpc) is 2.71. The Bertz CT molecular complexity index is 844. The molecular weight excluding hydrogens is 362 g/mol. The SMILES string of the molecule is COc1cccc(-c2cc(NCCCc3ccccc3)nc(OC)n2)c1.Cl. The molecule has 0 aliphatic carbocycles. The molecule has 3 aromatic rings. The van der Waals surface area contributed by atoms with Crippen LogP contribution in [0.2, 0.25) is 0 Å². The van der Waals surface area contributed by atoms with Crippen LogP contribution >= 0.6 is 12.4 Å². The Balaban J connectivity index is 0.00000261. The summed E-state index contributed by atoms with van der Waals surface area (Å²) < 4.78 is 10.6. The summed E-state index contributed by atoms with van der Waals surface area (Å²) in [6.07, 6.45) is 2.05. The lowest BCUT2D eigenvalue weighted by molar-refractivity contribution is 0.381. The first kappa shape index (κ1) is 20.5. The van der Waals surface area contributed by atoms with E-state index < -0.39 is 0 Å². The van der Waals surface area contributed by atoms with Gasteiger partial charge in [0.15, 0.2) is 0 Å². The van der Waals surface area contributed by atoms with Gasteiger partial charge in [0, 0.05) is 18.2 Å². The maximum absolute atomic E-state index is 5.29. The fourth-order valence-corrected chi connectivity index (χ4v) is 2.69. The van der Waals surface area contributed by atoms with Gasteiger partial charge in [0.2, 0.25) is 0 Å². The first-order chi connectivity index (χ1) is 12.8. The molecule has 0 unspecified atom stereocenters. The Labute approximate surface area is 166 Å². The summed E-state index contributed by atoms with van der Waals surface area (Å²) in [6.45, 7) is 0.826. The van der Waals surface area contributed by atoms with E-state index in [2.05, 4.69) is 39.6 Å². The molecule has 6 heteroatoms. The quantitative estimate of drug-likeness (QED) is 0.573. The van der Waals surface area contributed by atoms with Crippen molar-refractivity contribution in [3.8, 4) is 23.0 Å². The standard InChI is InChI=1S/C21H23N3O2.ClH/c1-25-18-12-6-11-17(14-18)19-15-20(24-21(23-19)26-2)22-13-7-10-16-8-4-3-5-9-16;/h3-6,8-9,11-12,14-15H,7,10,13H2,1-2H3,(H,22,23,24);1H. The highest BCUT2D eigenvalue weighted by atomic mass is 35.5. The summed E-state index contributed by atoms with van der Waals surface area (Å²) in [5, 5.41) is 3.37. The molecule has 1 aromatic heterocycles. The summed E-state index contributed by atoms with van der Waals surface area (Å²) in [5.41, 5.74) is 3.09. The highest BCUT2D eigenvalue weighted by Gasteiger charge is 2.08. The molecule has 0 amide bonds. The van der Waals surface area contributed by atoms with Crippen LogP contribution in [0.3, 0.4) is 0 Å². The molecule has 0 spiro atoms. The molecule has 0 saturated carbocycles. The van der Waals surface area contributed by atoms with Gasteiger partial charge in [-0.2, -0.15) is 9.97 Å². The van der Waals surface area contributed by atoms with Crippen molar-refractivity contribution in [1.29, 1.82) is 0 Å². The monoisotopic (exact) mass is 385 g/mol. The predicted molar refractivity (Wildman–Crippen MR) is 111 cm³/mol. The molecule has 5 nitrogen and oxygen atoms in total. The molecule has 0 saturated heterocycles. The van der Waals surface area contributed by atoms with Gasteiger partial charge in [-0.1, -0.05) is 42.5 Å². The molecule has 0 fully saturated rings. The van der Waals surface area contributed by atoms with Crippen molar-refractivity contribution in [2.24, 2.45) is 0 Å². The molecule has 0 aliphatic heterocycles. The first-order valence-electron chi connectivity index (χ1n) is 8.64. The minimum atomic E-state index is 0. The molecule has 0 radical (unpaired) electrons. The number of hydrogen-bond acceptors (Lipinski definition) is 5. The third-order valence-electron chi connectivity index (χ3n) is 4.04. The molecule has 0 aliphatic rings. The lowest BCUT2D eigenvalue weighted by atomic mass is 10.1. The number of nitrogens with one attached hydrogen (secondary N) is 1. The van der Waals surface area contributed by atoms with E-state index in [1.807, 2.05) is 36.4 Å². The number of halogens is 1. The summed E-state index contributed by atoms with van der Waals surface area (Å²) >= 11 is 0. The summed E-state index contributed by atoms with van der Waals surface area (Å²) in [6, 6.07) is 20.5. The second-order valence-corrected chi connectivity index (χ2v) is 5.87. The van der Waals surface area contributed by atoms with Crippen molar-refractivity contribution in [1.82, 2.24) is 9.97 Å². The number of hydrogen-bond donors (Lipinski definition) is 1. The smallest absolute Gasteiger partial charge is 0.318 e. The fraction of sp³-hybridized carbons (Fsp3) is 0.238. The second-order valence-electron chi connectivity index (χ2n) is 5.87. The van der Waals surface area contributed by atoms with Crippen LogP contribution in [0.15, 0.2) is 60.7 Å². The normalized spacial score (nSPS) is 10.0. The van der Waals surface area contributed by atoms with Crippen LogP contribution in [0.1, 0.15) is 12.0 Å². The van der Waals surface area contributed by atoms with E-state index in [1.165, 1.54) is 5.56 Å². The number of aryl methyl sites for hydroxylation is 1. The molecule has 0 bridgehead atoms. The van der Waals surface area contributed by atoms with E-state index >= 15 is 0 Å². The van der Waals surface area contributed by atoms with Crippen LogP contribution < -0.4 is 14.8 Å². The Morgan fingerprint density at radius 2 is 1.70 bits per heavy atom. The minimum Gasteiger partial charge on any atom is -0.497 e. The van der Waals surface area contributed by atoms with Crippen molar-refractivity contribution < 1.29 is 9.47 Å². The van der Waals surface area contributed by atoms with Gasteiger partial charge < -0.3 is 14.8 Å². The third kappa shape index (κ3) is 5.86. The van der Waals surface area contributed by atoms with Crippen LogP contribution in [0.25, 0.3) is 11.3 Å². The zero-order chi connectivity index (χ0) is 18.2. The van der Waals surface area contributed by atoms with Gasteiger partial charge in [0.05, 0.1) is 19.9 Å². The highest BCUT2D eigenvalue weighted by molar-refractivity contribution is 5.85. The highest BCUT2D eigenvalue weighted by Crippen LogP contribution is 2.25. The zero-order valence-corrected chi connectivity index (χ0v) is 16.3. The van der Waals surface area contributed by atoms with Crippen LogP contribution in [0, 0.1) is 0 Å². The lowest BCUT2D eigenvalue weighted by Gasteiger charge is -2.10. The zero-order valence-electron chi connectivity index (χ0n) is 15.5. The summed E-state index contributed by atoms with van der Waals surface area (Å²) in [7, 11) is 3.23. The number of aromatic nitrogens is 2. The third-order valence-corrected chi connectivity index (χ3v) is 4.04. The molecular formula is C21H24ClN3O2. The number of rotatable bonds is 8. The largest absolute Gasteiger partial charge is 0.497 e. The lowest BCUT2D eigenvalue weighted by Crippen LogP contribution is -2.06. The molecule has 3 rings (SSSR count). The summed E-state index contributed by atoms with van der Waals surface area (Å²) in [5.74, 6) is 1.54. The molecule has 27 heavy (non-hydrogen) atoms. The van der Waals surface area contributed by atoms with E-state index in [0.29, 0.717) is 6.01 Å². The van der Waals surface area contributed by atoms with Crippen LogP contribution in [0.4, 0.5) is 5.82 Å². The topological polar surface area (TPSA) is 56.3 Å². The number of benzene rings is 2. The van der Waals surface area contributed by atoms with Crippen LogP contribution in [-0.2, 0) is 6.42 Å². The number of ether oxygens (including phenoxy) is 2. The van der Waals surface area contributed by atoms with Gasteiger partial charge in [-0.3, -0.25) is 0 Å². The summed E-state index contributed by atoms with van der Waals surface area (Å²) in [4.78, 5) is 8.83. The number of methoxy groups -OCH3 is 2. The van der Waals surface area contributed by atoms with E-state index in [4.69, 9.17) is 9.47 Å². The second kappa shape index (κ2) is 10.4. The Hall–Kier alpha value is -2.79. The van der Waals surface area contributed by atoms with E-state index in [0.717, 1.165) is 42.2 Å². The van der Waals surface area contributed by atoms with Gasteiger partial charge in [-0.15, -0.1) is 12.4 Å². The van der Waals surface area contributed by atoms with Gasteiger partial charge in [-0.25, -0.2) is 0 Å². The molecule has 1 heterocycles. The average molecular weight is 386 g/mol. The maximum Gasteiger partial charge on any atom is 0.318 e. The fourth-order valence-electron chi connectivity index (χ4n) is 2.69. The van der Waals surface area contributed by atoms with Crippen molar-refractivity contribution >= 4 is 18.2 Å². The van der Waals surface area contributed by atoms with Crippen LogP contribution in [0.5, 0.6) is 11.8 Å². The van der Waals surface area contributed by atoms with E-state index in [-0.39, 0.29) is 12.4 Å². The minimum absolute atomic E-state index is 0. The van der Waals surface area contributed by atoms with E-state index in [1.54, 1.807) is 14.2 Å². The first-order valence-corrected chi connectivity index (χ1v) is 8.64.